The number of nitro benzene ring substituents is 1. The van der Waals surface area contributed by atoms with Crippen LogP contribution >= 0.6 is 15.9 Å². The number of hydrogen-bond acceptors (Lipinski definition) is 4. The highest BCUT2D eigenvalue weighted by Gasteiger charge is 2.29. The third-order valence-electron chi connectivity index (χ3n) is 3.37. The molecule has 1 aliphatic rings. The quantitative estimate of drug-likeness (QED) is 0.595. The molecule has 0 spiro atoms. The minimum atomic E-state index is -1.43. The lowest BCUT2D eigenvalue weighted by atomic mass is 10.2. The third kappa shape index (κ3) is 2.26. The van der Waals surface area contributed by atoms with E-state index in [4.69, 9.17) is 0 Å². The van der Waals surface area contributed by atoms with Crippen molar-refractivity contribution in [2.75, 3.05) is 11.4 Å². The number of halogens is 1. The van der Waals surface area contributed by atoms with Gasteiger partial charge in [0, 0.05) is 23.2 Å². The van der Waals surface area contributed by atoms with Crippen molar-refractivity contribution >= 4 is 43.8 Å². The maximum absolute atomic E-state index is 12.7. The van der Waals surface area contributed by atoms with Crippen LogP contribution in [0.1, 0.15) is 6.92 Å². The maximum Gasteiger partial charge on any atom is 0.270 e. The average molecular weight is 367 g/mol. The van der Waals surface area contributed by atoms with E-state index in [1.807, 2.05) is 24.0 Å². The molecule has 1 heterocycles. The summed E-state index contributed by atoms with van der Waals surface area (Å²) in [6, 6.07) is 10.1. The number of non-ortho nitro benzene ring substituents is 1. The van der Waals surface area contributed by atoms with Crippen LogP contribution in [-0.4, -0.2) is 15.7 Å². The molecule has 21 heavy (non-hydrogen) atoms. The summed E-state index contributed by atoms with van der Waals surface area (Å²) < 4.78 is 13.6. The summed E-state index contributed by atoms with van der Waals surface area (Å²) >= 11 is 3.38. The molecule has 0 N–H and O–H groups in total. The Morgan fingerprint density at radius 1 is 1.19 bits per heavy atom. The van der Waals surface area contributed by atoms with Crippen LogP contribution in [0.3, 0.4) is 0 Å². The third-order valence-corrected chi connectivity index (χ3v) is 5.32. The van der Waals surface area contributed by atoms with Gasteiger partial charge in [0.05, 0.1) is 36.9 Å². The SMILES string of the molecule is CCN1c2ccc(Br)cc2S(=O)c2cc([N+](=O)[O-])ccc21. The van der Waals surface area contributed by atoms with Crippen LogP contribution in [0.5, 0.6) is 0 Å². The predicted molar refractivity (Wildman–Crippen MR) is 84.6 cm³/mol. The number of anilines is 2. The molecule has 5 nitrogen and oxygen atoms in total. The molecule has 0 aromatic heterocycles. The molecule has 1 atom stereocenters. The van der Waals surface area contributed by atoms with Crippen LogP contribution in [0, 0.1) is 10.1 Å². The van der Waals surface area contributed by atoms with Gasteiger partial charge in [-0.05, 0) is 31.2 Å². The van der Waals surface area contributed by atoms with Crippen molar-refractivity contribution in [2.45, 2.75) is 16.7 Å². The van der Waals surface area contributed by atoms with Gasteiger partial charge in [-0.3, -0.25) is 10.1 Å². The van der Waals surface area contributed by atoms with Gasteiger partial charge in [0.1, 0.15) is 0 Å². The number of nitrogens with zero attached hydrogens (tertiary/aromatic N) is 2. The zero-order chi connectivity index (χ0) is 15.1. The molecule has 0 fully saturated rings. The minimum Gasteiger partial charge on any atom is -0.340 e. The van der Waals surface area contributed by atoms with E-state index in [0.29, 0.717) is 16.3 Å². The first-order valence-electron chi connectivity index (χ1n) is 6.30. The highest BCUT2D eigenvalue weighted by atomic mass is 79.9. The Kier molecular flexibility index (Phi) is 3.54. The summed E-state index contributed by atoms with van der Waals surface area (Å²) in [6.45, 7) is 2.68. The van der Waals surface area contributed by atoms with E-state index in [1.165, 1.54) is 12.1 Å². The van der Waals surface area contributed by atoms with E-state index < -0.39 is 15.7 Å². The average Bonchev–Trinajstić information content (AvgIpc) is 2.48. The summed E-state index contributed by atoms with van der Waals surface area (Å²) in [5, 5.41) is 10.9. The van der Waals surface area contributed by atoms with Crippen molar-refractivity contribution in [1.82, 2.24) is 0 Å². The first-order valence-corrected chi connectivity index (χ1v) is 8.24. The molecule has 1 aliphatic heterocycles. The second-order valence-corrected chi connectivity index (χ2v) is 6.87. The van der Waals surface area contributed by atoms with Crippen molar-refractivity contribution in [1.29, 1.82) is 0 Å². The molecule has 0 saturated heterocycles. The molecule has 0 saturated carbocycles. The van der Waals surface area contributed by atoms with Gasteiger partial charge in [0.2, 0.25) is 0 Å². The molecule has 3 rings (SSSR count). The van der Waals surface area contributed by atoms with E-state index in [9.17, 15) is 14.3 Å². The highest BCUT2D eigenvalue weighted by molar-refractivity contribution is 9.10. The van der Waals surface area contributed by atoms with Crippen LogP contribution < -0.4 is 4.90 Å². The Balaban J connectivity index is 2.25. The van der Waals surface area contributed by atoms with Gasteiger partial charge in [-0.25, -0.2) is 4.21 Å². The fourth-order valence-electron chi connectivity index (χ4n) is 2.44. The van der Waals surface area contributed by atoms with Gasteiger partial charge >= 0.3 is 0 Å². The Labute approximate surface area is 132 Å². The summed E-state index contributed by atoms with van der Waals surface area (Å²) in [5.41, 5.74) is 1.59. The Morgan fingerprint density at radius 2 is 1.81 bits per heavy atom. The van der Waals surface area contributed by atoms with E-state index in [0.717, 1.165) is 15.8 Å². The summed E-state index contributed by atoms with van der Waals surface area (Å²) in [6.07, 6.45) is 0. The second-order valence-electron chi connectivity index (χ2n) is 4.53. The van der Waals surface area contributed by atoms with Crippen LogP contribution in [-0.2, 0) is 10.8 Å². The monoisotopic (exact) mass is 366 g/mol. The van der Waals surface area contributed by atoms with Crippen LogP contribution in [0.2, 0.25) is 0 Å². The molecule has 0 aliphatic carbocycles. The normalized spacial score (nSPS) is 16.3. The summed E-state index contributed by atoms with van der Waals surface area (Å²) in [4.78, 5) is 13.6. The first-order chi connectivity index (χ1) is 10.0. The predicted octanol–water partition coefficient (Wildman–Crippen LogP) is 4.00. The van der Waals surface area contributed by atoms with Gasteiger partial charge < -0.3 is 4.90 Å². The lowest BCUT2D eigenvalue weighted by Crippen LogP contribution is -2.23. The van der Waals surface area contributed by atoms with E-state index in [-0.39, 0.29) is 5.69 Å². The molecule has 2 aromatic carbocycles. The highest BCUT2D eigenvalue weighted by Crippen LogP contribution is 2.43. The topological polar surface area (TPSA) is 63.5 Å². The first kappa shape index (κ1) is 14.2. The molecular weight excluding hydrogens is 356 g/mol. The molecule has 2 aromatic rings. The van der Waals surface area contributed by atoms with Crippen molar-refractivity contribution in [3.63, 3.8) is 0 Å². The zero-order valence-electron chi connectivity index (χ0n) is 11.1. The Hall–Kier alpha value is -1.73. The van der Waals surface area contributed by atoms with E-state index in [2.05, 4.69) is 15.9 Å². The zero-order valence-corrected chi connectivity index (χ0v) is 13.5. The lowest BCUT2D eigenvalue weighted by Gasteiger charge is -2.31. The number of nitro groups is 1. The second kappa shape index (κ2) is 5.23. The van der Waals surface area contributed by atoms with Gasteiger partial charge in [-0.1, -0.05) is 15.9 Å². The lowest BCUT2D eigenvalue weighted by molar-refractivity contribution is -0.385. The van der Waals surface area contributed by atoms with Crippen molar-refractivity contribution in [3.05, 3.63) is 51.0 Å². The molecule has 7 heteroatoms. The van der Waals surface area contributed by atoms with Crippen molar-refractivity contribution < 1.29 is 9.13 Å². The van der Waals surface area contributed by atoms with E-state index >= 15 is 0 Å². The standard InChI is InChI=1S/C14H11BrN2O3S/c1-2-16-11-5-3-9(15)7-13(11)21(20)14-8-10(17(18)19)4-6-12(14)16/h3-8H,2H2,1H3. The fourth-order valence-corrected chi connectivity index (χ4v) is 4.38. The minimum absolute atomic E-state index is 0.0448. The molecular formula is C14H11BrN2O3S. The van der Waals surface area contributed by atoms with Gasteiger partial charge in [-0.15, -0.1) is 0 Å². The van der Waals surface area contributed by atoms with Crippen molar-refractivity contribution in [2.24, 2.45) is 0 Å². The van der Waals surface area contributed by atoms with Gasteiger partial charge in [-0.2, -0.15) is 0 Å². The largest absolute Gasteiger partial charge is 0.340 e. The molecule has 1 unspecified atom stereocenters. The van der Waals surface area contributed by atoms with Crippen LogP contribution in [0.15, 0.2) is 50.7 Å². The molecule has 108 valence electrons. The molecule has 0 amide bonds. The summed E-state index contributed by atoms with van der Waals surface area (Å²) in [7, 11) is -1.43. The number of rotatable bonds is 2. The van der Waals surface area contributed by atoms with Gasteiger partial charge in [0.15, 0.2) is 0 Å². The van der Waals surface area contributed by atoms with Crippen LogP contribution in [0.25, 0.3) is 0 Å². The maximum atomic E-state index is 12.7. The fraction of sp³-hybridized carbons (Fsp3) is 0.143. The van der Waals surface area contributed by atoms with Crippen LogP contribution in [0.4, 0.5) is 17.1 Å². The summed E-state index contributed by atoms with van der Waals surface area (Å²) in [5.74, 6) is 0. The number of hydrogen-bond donors (Lipinski definition) is 0. The number of fused-ring (bicyclic) bond motifs is 2. The van der Waals surface area contributed by atoms with Gasteiger partial charge in [0.25, 0.3) is 5.69 Å². The Morgan fingerprint density at radius 3 is 2.43 bits per heavy atom. The number of benzene rings is 2. The van der Waals surface area contributed by atoms with E-state index in [1.54, 1.807) is 12.1 Å². The van der Waals surface area contributed by atoms with Crippen molar-refractivity contribution in [3.8, 4) is 0 Å². The molecule has 0 bridgehead atoms. The smallest absolute Gasteiger partial charge is 0.270 e. The molecule has 0 radical (unpaired) electrons. The Bertz CT molecular complexity index is 779.